The van der Waals surface area contributed by atoms with Crippen LogP contribution in [0.2, 0.25) is 0 Å². The minimum atomic E-state index is 0.202. The molecule has 0 radical (unpaired) electrons. The summed E-state index contributed by atoms with van der Waals surface area (Å²) in [5.74, 6) is 0. The van der Waals surface area contributed by atoms with Crippen LogP contribution in [0, 0.1) is 5.41 Å². The van der Waals surface area contributed by atoms with Crippen molar-refractivity contribution in [2.45, 2.75) is 31.6 Å². The maximum absolute atomic E-state index is 6.33. The third kappa shape index (κ3) is 2.25. The first-order valence-corrected chi connectivity index (χ1v) is 5.32. The lowest BCUT2D eigenvalue weighted by Crippen LogP contribution is -1.99. The largest absolute Gasteiger partial charge is 0.118 e. The van der Waals surface area contributed by atoms with Gasteiger partial charge >= 0.3 is 0 Å². The van der Waals surface area contributed by atoms with Gasteiger partial charge in [0.25, 0.3) is 0 Å². The molecule has 0 aliphatic heterocycles. The van der Waals surface area contributed by atoms with E-state index in [1.54, 1.807) is 0 Å². The van der Waals surface area contributed by atoms with Crippen LogP contribution in [0.25, 0.3) is 0 Å². The van der Waals surface area contributed by atoms with Gasteiger partial charge in [0.15, 0.2) is 0 Å². The fraction of sp³-hybridized carbons (Fsp3) is 0.500. The number of halogens is 1. The average molecular weight is 195 g/mol. The Hall–Kier alpha value is -0.490. The van der Waals surface area contributed by atoms with Gasteiger partial charge in [0.05, 0.1) is 5.38 Å². The van der Waals surface area contributed by atoms with Gasteiger partial charge in [-0.1, -0.05) is 37.3 Å². The molecule has 0 nitrogen and oxygen atoms in total. The van der Waals surface area contributed by atoms with Gasteiger partial charge in [0, 0.05) is 0 Å². The van der Waals surface area contributed by atoms with Crippen LogP contribution in [0.5, 0.6) is 0 Å². The first-order valence-electron chi connectivity index (χ1n) is 4.89. The average Bonchev–Trinajstić information content (AvgIpc) is 2.85. The fourth-order valence-corrected chi connectivity index (χ4v) is 2.15. The minimum Gasteiger partial charge on any atom is -0.118 e. The maximum atomic E-state index is 6.33. The SMILES string of the molecule is CC1(CC(Cl)c2ccccc2)CC1. The zero-order valence-corrected chi connectivity index (χ0v) is 8.72. The Labute approximate surface area is 84.9 Å². The Morgan fingerprint density at radius 3 is 2.46 bits per heavy atom. The third-order valence-corrected chi connectivity index (χ3v) is 3.34. The van der Waals surface area contributed by atoms with Crippen molar-refractivity contribution in [2.24, 2.45) is 5.41 Å². The molecule has 0 amide bonds. The van der Waals surface area contributed by atoms with Gasteiger partial charge in [-0.05, 0) is 30.2 Å². The van der Waals surface area contributed by atoms with E-state index in [0.29, 0.717) is 5.41 Å². The van der Waals surface area contributed by atoms with Crippen molar-refractivity contribution >= 4 is 11.6 Å². The standard InChI is InChI=1S/C12H15Cl/c1-12(7-8-12)9-11(13)10-5-3-2-4-6-10/h2-6,11H,7-9H2,1H3. The van der Waals surface area contributed by atoms with Crippen molar-refractivity contribution in [1.82, 2.24) is 0 Å². The van der Waals surface area contributed by atoms with E-state index < -0.39 is 0 Å². The van der Waals surface area contributed by atoms with E-state index in [1.165, 1.54) is 18.4 Å². The van der Waals surface area contributed by atoms with Crippen LogP contribution in [0.1, 0.15) is 37.1 Å². The van der Waals surface area contributed by atoms with Crippen molar-refractivity contribution in [3.8, 4) is 0 Å². The highest BCUT2D eigenvalue weighted by molar-refractivity contribution is 6.20. The Kier molecular flexibility index (Phi) is 2.33. The number of hydrogen-bond donors (Lipinski definition) is 0. The highest BCUT2D eigenvalue weighted by Crippen LogP contribution is 2.52. The molecule has 1 aromatic rings. The molecule has 1 heteroatoms. The molecule has 70 valence electrons. The molecule has 0 spiro atoms. The van der Waals surface area contributed by atoms with Crippen LogP contribution in [-0.2, 0) is 0 Å². The van der Waals surface area contributed by atoms with Crippen LogP contribution in [0.4, 0.5) is 0 Å². The monoisotopic (exact) mass is 194 g/mol. The van der Waals surface area contributed by atoms with Crippen LogP contribution in [-0.4, -0.2) is 0 Å². The van der Waals surface area contributed by atoms with Crippen molar-refractivity contribution in [2.75, 3.05) is 0 Å². The van der Waals surface area contributed by atoms with Gasteiger partial charge in [-0.3, -0.25) is 0 Å². The molecule has 1 aliphatic rings. The highest BCUT2D eigenvalue weighted by Gasteiger charge is 2.38. The second kappa shape index (κ2) is 3.34. The number of rotatable bonds is 3. The van der Waals surface area contributed by atoms with Crippen LogP contribution in [0.15, 0.2) is 30.3 Å². The molecule has 0 heterocycles. The van der Waals surface area contributed by atoms with Crippen LogP contribution < -0.4 is 0 Å². The lowest BCUT2D eigenvalue weighted by molar-refractivity contribution is 0.509. The Morgan fingerprint density at radius 1 is 1.31 bits per heavy atom. The van der Waals surface area contributed by atoms with E-state index in [2.05, 4.69) is 31.2 Å². The summed E-state index contributed by atoms with van der Waals surface area (Å²) < 4.78 is 0. The molecule has 1 unspecified atom stereocenters. The predicted octanol–water partition coefficient (Wildman–Crippen LogP) is 4.16. The van der Waals surface area contributed by atoms with E-state index in [9.17, 15) is 0 Å². The van der Waals surface area contributed by atoms with Crippen LogP contribution in [0.3, 0.4) is 0 Å². The van der Waals surface area contributed by atoms with E-state index in [0.717, 1.165) is 6.42 Å². The second-order valence-electron chi connectivity index (χ2n) is 4.39. The van der Waals surface area contributed by atoms with E-state index in [-0.39, 0.29) is 5.38 Å². The lowest BCUT2D eigenvalue weighted by Gasteiger charge is -2.14. The van der Waals surface area contributed by atoms with E-state index >= 15 is 0 Å². The van der Waals surface area contributed by atoms with Gasteiger partial charge < -0.3 is 0 Å². The molecule has 0 saturated heterocycles. The van der Waals surface area contributed by atoms with E-state index in [1.807, 2.05) is 6.07 Å². The molecular formula is C12H15Cl. The van der Waals surface area contributed by atoms with Gasteiger partial charge in [-0.25, -0.2) is 0 Å². The molecule has 1 fully saturated rings. The van der Waals surface area contributed by atoms with Gasteiger partial charge in [0.1, 0.15) is 0 Å². The van der Waals surface area contributed by atoms with Crippen LogP contribution >= 0.6 is 11.6 Å². The predicted molar refractivity (Wildman–Crippen MR) is 57.0 cm³/mol. The number of alkyl halides is 1. The molecule has 0 aromatic heterocycles. The third-order valence-electron chi connectivity index (χ3n) is 2.94. The fourth-order valence-electron chi connectivity index (χ4n) is 1.63. The van der Waals surface area contributed by atoms with Crippen molar-refractivity contribution in [3.63, 3.8) is 0 Å². The smallest absolute Gasteiger partial charge is 0.0590 e. The summed E-state index contributed by atoms with van der Waals surface area (Å²) in [4.78, 5) is 0. The first-order chi connectivity index (χ1) is 6.20. The first kappa shape index (κ1) is 9.08. The molecule has 1 aromatic carbocycles. The Balaban J connectivity index is 2.01. The molecule has 1 aliphatic carbocycles. The molecule has 2 rings (SSSR count). The zero-order chi connectivity index (χ0) is 9.31. The summed E-state index contributed by atoms with van der Waals surface area (Å²) in [6, 6.07) is 10.4. The minimum absolute atomic E-state index is 0.202. The summed E-state index contributed by atoms with van der Waals surface area (Å²) >= 11 is 6.33. The summed E-state index contributed by atoms with van der Waals surface area (Å²) in [5.41, 5.74) is 1.81. The summed E-state index contributed by atoms with van der Waals surface area (Å²) in [5, 5.41) is 0.202. The molecule has 0 bridgehead atoms. The summed E-state index contributed by atoms with van der Waals surface area (Å²) in [6.45, 7) is 2.32. The van der Waals surface area contributed by atoms with Gasteiger partial charge in [-0.2, -0.15) is 0 Å². The number of benzene rings is 1. The topological polar surface area (TPSA) is 0 Å². The lowest BCUT2D eigenvalue weighted by atomic mass is 9.98. The maximum Gasteiger partial charge on any atom is 0.0590 e. The molecule has 0 N–H and O–H groups in total. The van der Waals surface area contributed by atoms with Crippen molar-refractivity contribution < 1.29 is 0 Å². The Bertz CT molecular complexity index is 274. The molecular weight excluding hydrogens is 180 g/mol. The second-order valence-corrected chi connectivity index (χ2v) is 4.92. The van der Waals surface area contributed by atoms with Gasteiger partial charge in [0.2, 0.25) is 0 Å². The summed E-state index contributed by atoms with van der Waals surface area (Å²) in [6.07, 6.45) is 3.82. The van der Waals surface area contributed by atoms with Gasteiger partial charge in [-0.15, -0.1) is 11.6 Å². The van der Waals surface area contributed by atoms with Crippen molar-refractivity contribution in [3.05, 3.63) is 35.9 Å². The Morgan fingerprint density at radius 2 is 1.92 bits per heavy atom. The zero-order valence-electron chi connectivity index (χ0n) is 7.96. The highest BCUT2D eigenvalue weighted by atomic mass is 35.5. The normalized spacial score (nSPS) is 21.1. The molecule has 13 heavy (non-hydrogen) atoms. The van der Waals surface area contributed by atoms with Crippen molar-refractivity contribution in [1.29, 1.82) is 0 Å². The molecule has 1 saturated carbocycles. The molecule has 1 atom stereocenters. The quantitative estimate of drug-likeness (QED) is 0.634. The summed E-state index contributed by atoms with van der Waals surface area (Å²) in [7, 11) is 0. The van der Waals surface area contributed by atoms with E-state index in [4.69, 9.17) is 11.6 Å². The number of hydrogen-bond acceptors (Lipinski definition) is 0.